The van der Waals surface area contributed by atoms with E-state index < -0.39 is 5.92 Å². The number of hydrogen-bond donors (Lipinski definition) is 2. The molecule has 2 aromatic carbocycles. The number of H-pyrrole nitrogens is 1. The number of aryl methyl sites for hydroxylation is 1. The Morgan fingerprint density at radius 2 is 2.00 bits per heavy atom. The van der Waals surface area contributed by atoms with Gasteiger partial charge in [0.25, 0.3) is 0 Å². The second kappa shape index (κ2) is 7.41. The van der Waals surface area contributed by atoms with E-state index in [-0.39, 0.29) is 5.88 Å². The smallest absolute Gasteiger partial charge is 0.244 e. The van der Waals surface area contributed by atoms with Gasteiger partial charge in [-0.2, -0.15) is 5.26 Å². The molecule has 28 heavy (non-hydrogen) atoms. The lowest BCUT2D eigenvalue weighted by Gasteiger charge is -2.25. The second-order valence-corrected chi connectivity index (χ2v) is 7.36. The first kappa shape index (κ1) is 18.1. The van der Waals surface area contributed by atoms with E-state index in [1.54, 1.807) is 0 Å². The van der Waals surface area contributed by atoms with Crippen LogP contribution in [0.4, 0.5) is 0 Å². The maximum atomic E-state index is 9.73. The Morgan fingerprint density at radius 3 is 2.75 bits per heavy atom. The summed E-state index contributed by atoms with van der Waals surface area (Å²) in [5.41, 5.74) is 9.85. The van der Waals surface area contributed by atoms with Crippen molar-refractivity contribution in [1.82, 2.24) is 10.2 Å². The van der Waals surface area contributed by atoms with E-state index in [1.165, 1.54) is 0 Å². The van der Waals surface area contributed by atoms with E-state index in [9.17, 15) is 5.26 Å². The molecule has 1 aliphatic rings. The molecule has 4 rings (SSSR count). The zero-order chi connectivity index (χ0) is 19.7. The normalized spacial score (nSPS) is 15.5. The average Bonchev–Trinajstić information content (AvgIpc) is 3.07. The highest BCUT2D eigenvalue weighted by Crippen LogP contribution is 2.45. The first-order valence-corrected chi connectivity index (χ1v) is 9.46. The van der Waals surface area contributed by atoms with Gasteiger partial charge in [0.15, 0.2) is 0 Å². The number of nitrogens with two attached hydrogens (primary N) is 1. The van der Waals surface area contributed by atoms with Crippen LogP contribution in [-0.2, 0) is 6.61 Å². The molecule has 6 nitrogen and oxygen atoms in total. The number of aromatic amines is 1. The van der Waals surface area contributed by atoms with Gasteiger partial charge in [0.1, 0.15) is 24.0 Å². The molecule has 3 N–H and O–H groups in total. The zero-order valence-electron chi connectivity index (χ0n) is 15.1. The van der Waals surface area contributed by atoms with Gasteiger partial charge in [0.2, 0.25) is 11.8 Å². The molecule has 0 spiro atoms. The number of halogens is 1. The van der Waals surface area contributed by atoms with Gasteiger partial charge < -0.3 is 15.2 Å². The summed E-state index contributed by atoms with van der Waals surface area (Å²) in [6, 6.07) is 17.8. The number of benzene rings is 2. The van der Waals surface area contributed by atoms with E-state index in [0.29, 0.717) is 23.8 Å². The molecule has 0 saturated carbocycles. The van der Waals surface area contributed by atoms with Crippen molar-refractivity contribution >= 4 is 15.9 Å². The Labute approximate surface area is 170 Å². The molecule has 7 heteroatoms. The maximum Gasteiger partial charge on any atom is 0.244 e. The molecule has 140 valence electrons. The molecule has 0 unspecified atom stereocenters. The van der Waals surface area contributed by atoms with Crippen LogP contribution in [0.5, 0.6) is 11.6 Å². The summed E-state index contributed by atoms with van der Waals surface area (Å²) >= 11 is 3.43. The van der Waals surface area contributed by atoms with Gasteiger partial charge in [-0.3, -0.25) is 5.10 Å². The summed E-state index contributed by atoms with van der Waals surface area (Å²) in [5, 5.41) is 16.8. The molecule has 2 heterocycles. The largest absolute Gasteiger partial charge is 0.489 e. The van der Waals surface area contributed by atoms with Crippen LogP contribution in [0.3, 0.4) is 0 Å². The van der Waals surface area contributed by atoms with E-state index in [1.807, 2.05) is 55.5 Å². The highest BCUT2D eigenvalue weighted by Gasteiger charge is 2.35. The predicted molar refractivity (Wildman–Crippen MR) is 108 cm³/mol. The third-order valence-electron chi connectivity index (χ3n) is 4.67. The molecule has 0 amide bonds. The van der Waals surface area contributed by atoms with E-state index in [0.717, 1.165) is 26.9 Å². The van der Waals surface area contributed by atoms with Crippen molar-refractivity contribution in [2.45, 2.75) is 19.4 Å². The molecular formula is C21H17BrN4O2. The quantitative estimate of drug-likeness (QED) is 0.635. The standard InChI is InChI=1S/C21H17BrN4O2/c1-12-18-19(16(10-23)20(24)28-21(18)26-25-12)15-4-2-3-5-17(15)27-11-13-6-8-14(22)9-7-13/h2-9,19H,11,24H2,1H3,(H,25,26)/t19-/m0/s1. The Morgan fingerprint density at radius 1 is 1.25 bits per heavy atom. The topological polar surface area (TPSA) is 97.0 Å². The fraction of sp³-hybridized carbons (Fsp3) is 0.143. The Bertz CT molecular complexity index is 1100. The van der Waals surface area contributed by atoms with Gasteiger partial charge in [-0.1, -0.05) is 46.3 Å². The highest BCUT2D eigenvalue weighted by atomic mass is 79.9. The second-order valence-electron chi connectivity index (χ2n) is 6.45. The summed E-state index contributed by atoms with van der Waals surface area (Å²) in [6.45, 7) is 2.30. The number of nitrogens with one attached hydrogen (secondary N) is 1. The number of rotatable bonds is 4. The minimum absolute atomic E-state index is 0.0641. The fourth-order valence-electron chi connectivity index (χ4n) is 3.30. The molecule has 0 bridgehead atoms. The third kappa shape index (κ3) is 3.23. The molecular weight excluding hydrogens is 420 g/mol. The molecule has 0 radical (unpaired) electrons. The van der Waals surface area contributed by atoms with Crippen LogP contribution in [0.2, 0.25) is 0 Å². The summed E-state index contributed by atoms with van der Waals surface area (Å²) in [4.78, 5) is 0. The minimum atomic E-state index is -0.409. The van der Waals surface area contributed by atoms with Gasteiger partial charge in [0, 0.05) is 21.3 Å². The molecule has 0 fully saturated rings. The lowest BCUT2D eigenvalue weighted by atomic mass is 9.83. The van der Waals surface area contributed by atoms with Crippen LogP contribution in [0, 0.1) is 18.3 Å². The van der Waals surface area contributed by atoms with Crippen molar-refractivity contribution in [2.24, 2.45) is 5.73 Å². The summed E-state index contributed by atoms with van der Waals surface area (Å²) < 4.78 is 12.7. The maximum absolute atomic E-state index is 9.73. The van der Waals surface area contributed by atoms with Gasteiger partial charge in [-0.15, -0.1) is 5.10 Å². The van der Waals surface area contributed by atoms with Crippen molar-refractivity contribution in [3.63, 3.8) is 0 Å². The van der Waals surface area contributed by atoms with Crippen LogP contribution in [0.15, 0.2) is 64.5 Å². The number of aromatic nitrogens is 2. The predicted octanol–water partition coefficient (Wildman–Crippen LogP) is 4.28. The Balaban J connectivity index is 1.74. The van der Waals surface area contributed by atoms with Gasteiger partial charge in [-0.25, -0.2) is 0 Å². The highest BCUT2D eigenvalue weighted by molar-refractivity contribution is 9.10. The molecule has 0 saturated heterocycles. The first-order valence-electron chi connectivity index (χ1n) is 8.67. The number of nitrogens with zero attached hydrogens (tertiary/aromatic N) is 2. The number of allylic oxidation sites excluding steroid dienone is 1. The lowest BCUT2D eigenvalue weighted by Crippen LogP contribution is -2.21. The summed E-state index contributed by atoms with van der Waals surface area (Å²) in [7, 11) is 0. The van der Waals surface area contributed by atoms with Crippen LogP contribution in [-0.4, -0.2) is 10.2 Å². The third-order valence-corrected chi connectivity index (χ3v) is 5.20. The molecule has 1 atom stereocenters. The minimum Gasteiger partial charge on any atom is -0.489 e. The SMILES string of the molecule is Cc1[nH]nc2c1[C@@H](c1ccccc1OCc1ccc(Br)cc1)C(C#N)=C(N)O2. The Hall–Kier alpha value is -3.24. The lowest BCUT2D eigenvalue weighted by molar-refractivity contribution is 0.301. The van der Waals surface area contributed by atoms with Crippen molar-refractivity contribution in [1.29, 1.82) is 5.26 Å². The van der Waals surface area contributed by atoms with Crippen LogP contribution >= 0.6 is 15.9 Å². The van der Waals surface area contributed by atoms with E-state index in [4.69, 9.17) is 15.2 Å². The number of hydrogen-bond acceptors (Lipinski definition) is 5. The number of para-hydroxylation sites is 1. The van der Waals surface area contributed by atoms with Crippen molar-refractivity contribution in [3.05, 3.63) is 86.8 Å². The van der Waals surface area contributed by atoms with Crippen LogP contribution in [0.1, 0.15) is 28.3 Å². The number of fused-ring (bicyclic) bond motifs is 1. The van der Waals surface area contributed by atoms with Gasteiger partial charge >= 0.3 is 0 Å². The molecule has 3 aromatic rings. The number of ether oxygens (including phenoxy) is 2. The Kier molecular flexibility index (Phi) is 4.80. The number of nitriles is 1. The van der Waals surface area contributed by atoms with Crippen molar-refractivity contribution < 1.29 is 9.47 Å². The summed E-state index contributed by atoms with van der Waals surface area (Å²) in [6.07, 6.45) is 0. The first-order chi connectivity index (χ1) is 13.6. The molecule has 1 aromatic heterocycles. The molecule has 1 aliphatic heterocycles. The zero-order valence-corrected chi connectivity index (χ0v) is 16.7. The van der Waals surface area contributed by atoms with E-state index >= 15 is 0 Å². The van der Waals surface area contributed by atoms with E-state index in [2.05, 4.69) is 32.2 Å². The van der Waals surface area contributed by atoms with Crippen LogP contribution < -0.4 is 15.2 Å². The van der Waals surface area contributed by atoms with Gasteiger partial charge in [-0.05, 0) is 30.7 Å². The average molecular weight is 437 g/mol. The van der Waals surface area contributed by atoms with Crippen molar-refractivity contribution in [3.8, 4) is 17.7 Å². The van der Waals surface area contributed by atoms with Gasteiger partial charge in [0.05, 0.1) is 5.92 Å². The van der Waals surface area contributed by atoms with Crippen molar-refractivity contribution in [2.75, 3.05) is 0 Å². The molecule has 0 aliphatic carbocycles. The summed E-state index contributed by atoms with van der Waals surface area (Å²) in [5.74, 6) is 0.731. The van der Waals surface area contributed by atoms with Crippen LogP contribution in [0.25, 0.3) is 0 Å². The monoisotopic (exact) mass is 436 g/mol. The fourth-order valence-corrected chi connectivity index (χ4v) is 3.57.